The van der Waals surface area contributed by atoms with Crippen LogP contribution in [0.25, 0.3) is 0 Å². The molecule has 0 aromatic carbocycles. The first-order valence-corrected chi connectivity index (χ1v) is 7.36. The summed E-state index contributed by atoms with van der Waals surface area (Å²) in [6.07, 6.45) is 4.95. The van der Waals surface area contributed by atoms with Gasteiger partial charge in [-0.3, -0.25) is 0 Å². The fraction of sp³-hybridized carbons (Fsp3) is 0.929. The van der Waals surface area contributed by atoms with Gasteiger partial charge in [0.25, 0.3) is 0 Å². The number of unbranched alkanes of at least 4 members (excludes halogenated alkanes) is 1. The molecule has 0 saturated carbocycles. The molecule has 1 N–H and O–H groups in total. The summed E-state index contributed by atoms with van der Waals surface area (Å²) in [4.78, 5) is 11.4. The SMILES string of the molecule is CCCCOC(=O)COC1COC2(CCNCC2)C1. The topological polar surface area (TPSA) is 56.8 Å². The highest BCUT2D eigenvalue weighted by Crippen LogP contribution is 2.35. The predicted octanol–water partition coefficient (Wildman–Crippen LogP) is 1.26. The van der Waals surface area contributed by atoms with Gasteiger partial charge in [-0.2, -0.15) is 0 Å². The van der Waals surface area contributed by atoms with Crippen LogP contribution in [0, 0.1) is 0 Å². The summed E-state index contributed by atoms with van der Waals surface area (Å²) >= 11 is 0. The van der Waals surface area contributed by atoms with Crippen molar-refractivity contribution in [2.45, 2.75) is 50.7 Å². The molecule has 0 bridgehead atoms. The molecular formula is C14H25NO4. The smallest absolute Gasteiger partial charge is 0.332 e. The highest BCUT2D eigenvalue weighted by molar-refractivity contribution is 5.70. The minimum absolute atomic E-state index is 0.0119. The molecule has 0 aromatic heterocycles. The maximum absolute atomic E-state index is 11.4. The Kier molecular flexibility index (Phi) is 5.60. The van der Waals surface area contributed by atoms with Crippen LogP contribution < -0.4 is 5.32 Å². The van der Waals surface area contributed by atoms with E-state index < -0.39 is 0 Å². The van der Waals surface area contributed by atoms with E-state index in [4.69, 9.17) is 14.2 Å². The first-order chi connectivity index (χ1) is 9.24. The summed E-state index contributed by atoms with van der Waals surface area (Å²) in [7, 11) is 0. The Bertz CT molecular complexity index is 289. The highest BCUT2D eigenvalue weighted by atomic mass is 16.6. The summed E-state index contributed by atoms with van der Waals surface area (Å²) in [5, 5.41) is 3.33. The lowest BCUT2D eigenvalue weighted by Gasteiger charge is -2.32. The Balaban J connectivity index is 1.63. The third-order valence-electron chi connectivity index (χ3n) is 3.89. The van der Waals surface area contributed by atoms with Gasteiger partial charge >= 0.3 is 5.97 Å². The zero-order valence-corrected chi connectivity index (χ0v) is 11.8. The molecule has 0 radical (unpaired) electrons. The number of ether oxygens (including phenoxy) is 3. The second kappa shape index (κ2) is 7.22. The molecule has 110 valence electrons. The van der Waals surface area contributed by atoms with Gasteiger partial charge in [0.15, 0.2) is 0 Å². The molecular weight excluding hydrogens is 246 g/mol. The molecule has 2 saturated heterocycles. The standard InChI is InChI=1S/C14H25NO4/c1-2-3-8-17-13(16)11-18-12-9-14(19-10-12)4-6-15-7-5-14/h12,15H,2-11H2,1H3. The fourth-order valence-electron chi connectivity index (χ4n) is 2.70. The van der Waals surface area contributed by atoms with Gasteiger partial charge in [0, 0.05) is 6.42 Å². The fourth-order valence-corrected chi connectivity index (χ4v) is 2.70. The number of hydrogen-bond donors (Lipinski definition) is 1. The van der Waals surface area contributed by atoms with Crippen LogP contribution in [0.1, 0.15) is 39.0 Å². The van der Waals surface area contributed by atoms with Gasteiger partial charge in [0.2, 0.25) is 0 Å². The molecule has 1 unspecified atom stereocenters. The van der Waals surface area contributed by atoms with E-state index in [1.165, 1.54) is 0 Å². The monoisotopic (exact) mass is 271 g/mol. The van der Waals surface area contributed by atoms with E-state index in [0.717, 1.165) is 45.2 Å². The lowest BCUT2D eigenvalue weighted by Crippen LogP contribution is -2.41. The number of carbonyl (C=O) groups excluding carboxylic acids is 1. The van der Waals surface area contributed by atoms with Gasteiger partial charge in [0.05, 0.1) is 24.9 Å². The molecule has 2 fully saturated rings. The summed E-state index contributed by atoms with van der Waals surface area (Å²) in [5.41, 5.74) is -0.0119. The zero-order chi connectivity index (χ0) is 13.6. The molecule has 5 heteroatoms. The maximum Gasteiger partial charge on any atom is 0.332 e. The lowest BCUT2D eigenvalue weighted by atomic mass is 9.89. The number of esters is 1. The molecule has 0 aliphatic carbocycles. The van der Waals surface area contributed by atoms with Crippen LogP contribution in [0.4, 0.5) is 0 Å². The van der Waals surface area contributed by atoms with Gasteiger partial charge in [-0.1, -0.05) is 13.3 Å². The Hall–Kier alpha value is -0.650. The largest absolute Gasteiger partial charge is 0.464 e. The predicted molar refractivity (Wildman–Crippen MR) is 71.0 cm³/mol. The normalized spacial score (nSPS) is 25.6. The van der Waals surface area contributed by atoms with Gasteiger partial charge in [0.1, 0.15) is 6.61 Å². The van der Waals surface area contributed by atoms with Crippen molar-refractivity contribution in [3.63, 3.8) is 0 Å². The Morgan fingerprint density at radius 3 is 2.95 bits per heavy atom. The van der Waals surface area contributed by atoms with Crippen molar-refractivity contribution >= 4 is 5.97 Å². The van der Waals surface area contributed by atoms with Crippen molar-refractivity contribution in [1.29, 1.82) is 0 Å². The second-order valence-corrected chi connectivity index (χ2v) is 5.46. The van der Waals surface area contributed by atoms with E-state index in [1.807, 2.05) is 0 Å². The molecule has 2 aliphatic heterocycles. The summed E-state index contributed by atoms with van der Waals surface area (Å²) < 4.78 is 16.6. The van der Waals surface area contributed by atoms with Crippen molar-refractivity contribution in [3.8, 4) is 0 Å². The van der Waals surface area contributed by atoms with E-state index in [1.54, 1.807) is 0 Å². The van der Waals surface area contributed by atoms with E-state index in [9.17, 15) is 4.79 Å². The van der Waals surface area contributed by atoms with Crippen LogP contribution in [0.3, 0.4) is 0 Å². The van der Waals surface area contributed by atoms with Crippen LogP contribution in [0.5, 0.6) is 0 Å². The number of carbonyl (C=O) groups is 1. The minimum Gasteiger partial charge on any atom is -0.464 e. The molecule has 2 aliphatic rings. The zero-order valence-electron chi connectivity index (χ0n) is 11.8. The van der Waals surface area contributed by atoms with Crippen molar-refractivity contribution in [1.82, 2.24) is 5.32 Å². The van der Waals surface area contributed by atoms with Gasteiger partial charge in [-0.15, -0.1) is 0 Å². The first kappa shape index (κ1) is 14.8. The Morgan fingerprint density at radius 1 is 1.42 bits per heavy atom. The van der Waals surface area contributed by atoms with Crippen LogP contribution in [-0.4, -0.2) is 50.6 Å². The highest BCUT2D eigenvalue weighted by Gasteiger charge is 2.41. The number of nitrogens with one attached hydrogen (secondary N) is 1. The summed E-state index contributed by atoms with van der Waals surface area (Å²) in [6, 6.07) is 0. The molecule has 5 nitrogen and oxygen atoms in total. The molecule has 0 amide bonds. The Labute approximate surface area is 115 Å². The lowest BCUT2D eigenvalue weighted by molar-refractivity contribution is -0.151. The molecule has 2 rings (SSSR count). The Morgan fingerprint density at radius 2 is 2.21 bits per heavy atom. The van der Waals surface area contributed by atoms with Crippen LogP contribution in [0.15, 0.2) is 0 Å². The molecule has 2 heterocycles. The quantitative estimate of drug-likeness (QED) is 0.582. The van der Waals surface area contributed by atoms with Crippen molar-refractivity contribution < 1.29 is 19.0 Å². The molecule has 1 atom stereocenters. The van der Waals surface area contributed by atoms with Crippen LogP contribution >= 0.6 is 0 Å². The van der Waals surface area contributed by atoms with Crippen LogP contribution in [-0.2, 0) is 19.0 Å². The van der Waals surface area contributed by atoms with Gasteiger partial charge < -0.3 is 19.5 Å². The van der Waals surface area contributed by atoms with Crippen LogP contribution in [0.2, 0.25) is 0 Å². The summed E-state index contributed by atoms with van der Waals surface area (Å²) in [5.74, 6) is -0.264. The average Bonchev–Trinajstić information content (AvgIpc) is 2.81. The average molecular weight is 271 g/mol. The molecule has 19 heavy (non-hydrogen) atoms. The summed E-state index contributed by atoms with van der Waals surface area (Å²) in [6.45, 7) is 5.22. The minimum atomic E-state index is -0.264. The third-order valence-corrected chi connectivity index (χ3v) is 3.89. The third kappa shape index (κ3) is 4.44. The second-order valence-electron chi connectivity index (χ2n) is 5.46. The van der Waals surface area contributed by atoms with E-state index >= 15 is 0 Å². The number of rotatable bonds is 6. The van der Waals surface area contributed by atoms with E-state index in [0.29, 0.717) is 13.2 Å². The van der Waals surface area contributed by atoms with Crippen molar-refractivity contribution in [3.05, 3.63) is 0 Å². The van der Waals surface area contributed by atoms with E-state index in [-0.39, 0.29) is 24.3 Å². The molecule has 0 aromatic rings. The first-order valence-electron chi connectivity index (χ1n) is 7.36. The van der Waals surface area contributed by atoms with Crippen molar-refractivity contribution in [2.75, 3.05) is 32.9 Å². The molecule has 1 spiro atoms. The number of hydrogen-bond acceptors (Lipinski definition) is 5. The number of piperidine rings is 1. The van der Waals surface area contributed by atoms with Gasteiger partial charge in [-0.05, 0) is 32.4 Å². The van der Waals surface area contributed by atoms with Gasteiger partial charge in [-0.25, -0.2) is 4.79 Å². The van der Waals surface area contributed by atoms with Crippen molar-refractivity contribution in [2.24, 2.45) is 0 Å². The van der Waals surface area contributed by atoms with E-state index in [2.05, 4.69) is 12.2 Å². The maximum atomic E-state index is 11.4.